The van der Waals surface area contributed by atoms with Crippen molar-refractivity contribution in [2.24, 2.45) is 0 Å². The molecule has 1 atom stereocenters. The van der Waals surface area contributed by atoms with Gasteiger partial charge in [0.25, 0.3) is 21.6 Å². The van der Waals surface area contributed by atoms with Crippen molar-refractivity contribution < 1.29 is 22.9 Å². The van der Waals surface area contributed by atoms with Crippen molar-refractivity contribution in [1.29, 1.82) is 0 Å². The van der Waals surface area contributed by atoms with Crippen molar-refractivity contribution in [3.05, 3.63) is 69.6 Å². The van der Waals surface area contributed by atoms with Crippen LogP contribution >= 0.6 is 11.3 Å². The van der Waals surface area contributed by atoms with Crippen molar-refractivity contribution in [3.8, 4) is 11.3 Å². The normalized spacial score (nSPS) is 15.4. The molecule has 3 aromatic rings. The third-order valence-corrected chi connectivity index (χ3v) is 7.34. The van der Waals surface area contributed by atoms with E-state index in [2.05, 4.69) is 10.3 Å². The Bertz CT molecular complexity index is 1330. The number of fused-ring (bicyclic) bond motifs is 1. The van der Waals surface area contributed by atoms with E-state index in [1.165, 1.54) is 43.3 Å². The quantitative estimate of drug-likeness (QED) is 0.458. The molecule has 158 valence electrons. The SMILES string of the molecule is C[C@@H](C(=O)Nc1nc(-c2cccc([N+](=O)[O-])c2)cs1)N1C(=O)c2ccccc2S1(=O)=O. The Morgan fingerprint density at radius 3 is 2.68 bits per heavy atom. The molecule has 0 unspecified atom stereocenters. The fraction of sp³-hybridized carbons (Fsp3) is 0.105. The number of sulfonamides is 1. The molecule has 2 heterocycles. The van der Waals surface area contributed by atoms with Crippen LogP contribution < -0.4 is 5.32 Å². The lowest BCUT2D eigenvalue weighted by molar-refractivity contribution is -0.384. The molecule has 0 bridgehead atoms. The van der Waals surface area contributed by atoms with Crippen LogP contribution in [-0.4, -0.2) is 40.5 Å². The van der Waals surface area contributed by atoms with Gasteiger partial charge in [0.15, 0.2) is 5.13 Å². The smallest absolute Gasteiger partial charge is 0.270 e. The molecule has 31 heavy (non-hydrogen) atoms. The Kier molecular flexibility index (Phi) is 5.03. The van der Waals surface area contributed by atoms with Crippen LogP contribution in [0.25, 0.3) is 11.3 Å². The maximum Gasteiger partial charge on any atom is 0.270 e. The van der Waals surface area contributed by atoms with Crippen molar-refractivity contribution in [1.82, 2.24) is 9.29 Å². The molecule has 2 aromatic carbocycles. The van der Waals surface area contributed by atoms with Crippen LogP contribution in [-0.2, 0) is 14.8 Å². The van der Waals surface area contributed by atoms with Crippen LogP contribution in [0.1, 0.15) is 17.3 Å². The van der Waals surface area contributed by atoms with Crippen molar-refractivity contribution in [2.75, 3.05) is 5.32 Å². The summed E-state index contributed by atoms with van der Waals surface area (Å²) in [5.74, 6) is -1.50. The molecule has 12 heteroatoms. The summed E-state index contributed by atoms with van der Waals surface area (Å²) < 4.78 is 26.0. The minimum absolute atomic E-state index is 0.0179. The van der Waals surface area contributed by atoms with Crippen LogP contribution in [0.15, 0.2) is 58.8 Å². The number of amides is 2. The summed E-state index contributed by atoms with van der Waals surface area (Å²) in [7, 11) is -4.14. The highest BCUT2D eigenvalue weighted by atomic mass is 32.2. The van der Waals surface area contributed by atoms with Gasteiger partial charge < -0.3 is 5.32 Å². The zero-order valence-corrected chi connectivity index (χ0v) is 17.5. The minimum Gasteiger partial charge on any atom is -0.300 e. The fourth-order valence-corrected chi connectivity index (χ4v) is 5.59. The number of nitro benzene ring substituents is 1. The minimum atomic E-state index is -4.14. The van der Waals surface area contributed by atoms with Crippen LogP contribution in [0, 0.1) is 10.1 Å². The van der Waals surface area contributed by atoms with Gasteiger partial charge in [-0.05, 0) is 19.1 Å². The molecule has 1 aliphatic heterocycles. The maximum absolute atomic E-state index is 12.7. The van der Waals surface area contributed by atoms with Crippen LogP contribution in [0.2, 0.25) is 0 Å². The van der Waals surface area contributed by atoms with Gasteiger partial charge >= 0.3 is 0 Å². The Morgan fingerprint density at radius 2 is 1.97 bits per heavy atom. The summed E-state index contributed by atoms with van der Waals surface area (Å²) in [6.45, 7) is 1.31. The molecule has 0 fully saturated rings. The standard InChI is InChI=1S/C19H14N4O6S2/c1-11(22-18(25)14-7-2-3-8-16(14)31(22,28)29)17(24)21-19-20-15(10-30-19)12-5-4-6-13(9-12)23(26)27/h2-11H,1H3,(H,20,21,24)/t11-/m0/s1. The molecule has 0 radical (unpaired) electrons. The van der Waals surface area contributed by atoms with Gasteiger partial charge in [0.2, 0.25) is 5.91 Å². The largest absolute Gasteiger partial charge is 0.300 e. The van der Waals surface area contributed by atoms with E-state index in [4.69, 9.17) is 0 Å². The molecule has 10 nitrogen and oxygen atoms in total. The second kappa shape index (κ2) is 7.56. The van der Waals surface area contributed by atoms with E-state index < -0.39 is 32.8 Å². The van der Waals surface area contributed by atoms with Gasteiger partial charge in [-0.25, -0.2) is 17.7 Å². The number of hydrogen-bond acceptors (Lipinski definition) is 8. The van der Waals surface area contributed by atoms with Gasteiger partial charge in [0.1, 0.15) is 10.9 Å². The number of benzene rings is 2. The monoisotopic (exact) mass is 458 g/mol. The Morgan fingerprint density at radius 1 is 1.23 bits per heavy atom. The van der Waals surface area contributed by atoms with Gasteiger partial charge in [0.05, 0.1) is 16.2 Å². The van der Waals surface area contributed by atoms with Gasteiger partial charge in [-0.1, -0.05) is 24.3 Å². The summed E-state index contributed by atoms with van der Waals surface area (Å²) in [5, 5.41) is 15.2. The fourth-order valence-electron chi connectivity index (χ4n) is 3.14. The molecule has 0 spiro atoms. The van der Waals surface area contributed by atoms with Crippen LogP contribution in [0.5, 0.6) is 0 Å². The van der Waals surface area contributed by atoms with Gasteiger partial charge in [-0.2, -0.15) is 0 Å². The lowest BCUT2D eigenvalue weighted by Crippen LogP contribution is -2.45. The number of nitro groups is 1. The van der Waals surface area contributed by atoms with Crippen molar-refractivity contribution in [3.63, 3.8) is 0 Å². The third kappa shape index (κ3) is 3.55. The van der Waals surface area contributed by atoms with Gasteiger partial charge in [0, 0.05) is 23.1 Å². The summed E-state index contributed by atoms with van der Waals surface area (Å²) in [6, 6.07) is 10.3. The molecule has 0 aliphatic carbocycles. The second-order valence-corrected chi connectivity index (χ2v) is 9.25. The first-order chi connectivity index (χ1) is 14.7. The summed E-state index contributed by atoms with van der Waals surface area (Å²) in [6.07, 6.45) is 0. The number of thiazole rings is 1. The van der Waals surface area contributed by atoms with E-state index in [0.717, 1.165) is 11.3 Å². The van der Waals surface area contributed by atoms with E-state index >= 15 is 0 Å². The highest BCUT2D eigenvalue weighted by Gasteiger charge is 2.45. The van der Waals surface area contributed by atoms with Gasteiger partial charge in [-0.3, -0.25) is 19.7 Å². The molecule has 1 aromatic heterocycles. The number of anilines is 1. The Balaban J connectivity index is 1.54. The summed E-state index contributed by atoms with van der Waals surface area (Å²) in [5.41, 5.74) is 0.826. The second-order valence-electron chi connectivity index (χ2n) is 6.61. The molecule has 1 aliphatic rings. The number of nitrogens with one attached hydrogen (secondary N) is 1. The first kappa shape index (κ1) is 20.6. The van der Waals surface area contributed by atoms with E-state index in [1.807, 2.05) is 0 Å². The average molecular weight is 458 g/mol. The number of nitrogens with zero attached hydrogens (tertiary/aromatic N) is 3. The van der Waals surface area contributed by atoms with E-state index in [9.17, 15) is 28.1 Å². The number of carbonyl (C=O) groups excluding carboxylic acids is 2. The summed E-state index contributed by atoms with van der Waals surface area (Å²) >= 11 is 1.07. The molecular weight excluding hydrogens is 444 g/mol. The van der Waals surface area contributed by atoms with Gasteiger partial charge in [-0.15, -0.1) is 11.3 Å². The Hall–Kier alpha value is -3.64. The molecule has 1 N–H and O–H groups in total. The number of aromatic nitrogens is 1. The zero-order chi connectivity index (χ0) is 22.3. The number of hydrogen-bond donors (Lipinski definition) is 1. The molecule has 2 amide bonds. The van der Waals surface area contributed by atoms with E-state index in [-0.39, 0.29) is 21.3 Å². The predicted octanol–water partition coefficient (Wildman–Crippen LogP) is 2.89. The maximum atomic E-state index is 12.7. The number of rotatable bonds is 5. The van der Waals surface area contributed by atoms with E-state index in [1.54, 1.807) is 17.5 Å². The van der Waals surface area contributed by atoms with E-state index in [0.29, 0.717) is 15.6 Å². The molecule has 4 rings (SSSR count). The molecule has 0 saturated carbocycles. The number of non-ortho nitro benzene ring substituents is 1. The lowest BCUT2D eigenvalue weighted by atomic mass is 10.1. The zero-order valence-electron chi connectivity index (χ0n) is 15.9. The highest BCUT2D eigenvalue weighted by Crippen LogP contribution is 2.32. The highest BCUT2D eigenvalue weighted by molar-refractivity contribution is 7.90. The van der Waals surface area contributed by atoms with Crippen molar-refractivity contribution in [2.45, 2.75) is 17.9 Å². The molecule has 0 saturated heterocycles. The first-order valence-electron chi connectivity index (χ1n) is 8.89. The van der Waals surface area contributed by atoms with Crippen LogP contribution in [0.3, 0.4) is 0 Å². The third-order valence-electron chi connectivity index (χ3n) is 4.67. The first-order valence-corrected chi connectivity index (χ1v) is 11.2. The molecular formula is C19H14N4O6S2. The summed E-state index contributed by atoms with van der Waals surface area (Å²) in [4.78, 5) is 39.8. The topological polar surface area (TPSA) is 140 Å². The van der Waals surface area contributed by atoms with Crippen LogP contribution in [0.4, 0.5) is 10.8 Å². The van der Waals surface area contributed by atoms with Crippen molar-refractivity contribution >= 4 is 44.0 Å². The Labute approximate surface area is 180 Å². The lowest BCUT2D eigenvalue weighted by Gasteiger charge is -2.21. The number of carbonyl (C=O) groups is 2. The average Bonchev–Trinajstić information content (AvgIpc) is 3.29. The predicted molar refractivity (Wildman–Crippen MR) is 112 cm³/mol.